The van der Waals surface area contributed by atoms with Gasteiger partial charge in [-0.05, 0) is 24.3 Å². The molecule has 2 amide bonds. The van der Waals surface area contributed by atoms with Gasteiger partial charge in [-0.1, -0.05) is 38.1 Å². The van der Waals surface area contributed by atoms with Crippen LogP contribution in [0.1, 0.15) is 48.7 Å². The van der Waals surface area contributed by atoms with E-state index in [9.17, 15) is 9.59 Å². The zero-order valence-electron chi connectivity index (χ0n) is 15.9. The normalized spacial score (nSPS) is 15.0. The largest absolute Gasteiger partial charge is 0.453 e. The number of benzene rings is 1. The van der Waals surface area contributed by atoms with Crippen molar-refractivity contribution in [3.63, 3.8) is 0 Å². The van der Waals surface area contributed by atoms with Crippen molar-refractivity contribution in [2.45, 2.75) is 38.6 Å². The number of piperidine rings is 1. The molecule has 6 nitrogen and oxygen atoms in total. The molecular weight excluding hydrogens is 362 g/mol. The first kappa shape index (κ1) is 19.4. The quantitative estimate of drug-likeness (QED) is 0.864. The second kappa shape index (κ2) is 8.52. The molecule has 1 aromatic carbocycles. The van der Waals surface area contributed by atoms with Gasteiger partial charge in [-0.15, -0.1) is 11.3 Å². The molecule has 144 valence electrons. The summed E-state index contributed by atoms with van der Waals surface area (Å²) < 4.78 is 4.73. The molecule has 2 aromatic rings. The minimum atomic E-state index is -0.313. The molecule has 1 N–H and O–H groups in total. The van der Waals surface area contributed by atoms with Crippen molar-refractivity contribution < 1.29 is 14.3 Å². The van der Waals surface area contributed by atoms with E-state index in [-0.39, 0.29) is 18.0 Å². The Balaban J connectivity index is 1.58. The number of thiazole rings is 1. The van der Waals surface area contributed by atoms with Crippen molar-refractivity contribution in [3.8, 4) is 10.6 Å². The van der Waals surface area contributed by atoms with E-state index in [0.717, 1.165) is 10.6 Å². The van der Waals surface area contributed by atoms with E-state index in [1.807, 2.05) is 0 Å². The lowest BCUT2D eigenvalue weighted by Crippen LogP contribution is -2.46. The molecule has 0 bridgehead atoms. The van der Waals surface area contributed by atoms with Crippen LogP contribution in [-0.2, 0) is 4.74 Å². The number of likely N-dealkylation sites (tertiary alicyclic amines) is 1. The summed E-state index contributed by atoms with van der Waals surface area (Å²) in [4.78, 5) is 30.2. The second-order valence-corrected chi connectivity index (χ2v) is 7.88. The average molecular weight is 388 g/mol. The minimum Gasteiger partial charge on any atom is -0.453 e. The van der Waals surface area contributed by atoms with E-state index < -0.39 is 0 Å². The SMILES string of the molecule is COC(=O)N1CCC(NC(=O)c2csc(-c3ccc(C(C)C)cc3)n2)CC1. The van der Waals surface area contributed by atoms with E-state index in [2.05, 4.69) is 48.4 Å². The first-order valence-corrected chi connectivity index (χ1v) is 10.1. The summed E-state index contributed by atoms with van der Waals surface area (Å²) >= 11 is 1.47. The lowest BCUT2D eigenvalue weighted by atomic mass is 10.0. The topological polar surface area (TPSA) is 71.5 Å². The maximum absolute atomic E-state index is 12.5. The van der Waals surface area contributed by atoms with Crippen LogP contribution in [0.5, 0.6) is 0 Å². The van der Waals surface area contributed by atoms with E-state index in [1.165, 1.54) is 24.0 Å². The van der Waals surface area contributed by atoms with E-state index >= 15 is 0 Å². The first-order valence-electron chi connectivity index (χ1n) is 9.17. The Morgan fingerprint density at radius 1 is 1.22 bits per heavy atom. The van der Waals surface area contributed by atoms with E-state index in [4.69, 9.17) is 4.74 Å². The molecule has 0 aliphatic carbocycles. The van der Waals surface area contributed by atoms with Gasteiger partial charge in [0.15, 0.2) is 0 Å². The standard InChI is InChI=1S/C20H25N3O3S/c1-13(2)14-4-6-15(7-5-14)19-22-17(12-27-19)18(24)21-16-8-10-23(11-9-16)20(25)26-3/h4-7,12-13,16H,8-11H2,1-3H3,(H,21,24). The molecule has 1 fully saturated rings. The fraction of sp³-hybridized carbons (Fsp3) is 0.450. The predicted octanol–water partition coefficient (Wildman–Crippen LogP) is 3.89. The highest BCUT2D eigenvalue weighted by Crippen LogP contribution is 2.26. The number of methoxy groups -OCH3 is 1. The Hall–Kier alpha value is -2.41. The zero-order valence-corrected chi connectivity index (χ0v) is 16.7. The smallest absolute Gasteiger partial charge is 0.409 e. The number of aromatic nitrogens is 1. The molecule has 3 rings (SSSR count). The van der Waals surface area contributed by atoms with Gasteiger partial charge >= 0.3 is 6.09 Å². The highest BCUT2D eigenvalue weighted by atomic mass is 32.1. The van der Waals surface area contributed by atoms with Gasteiger partial charge in [0, 0.05) is 30.1 Å². The van der Waals surface area contributed by atoms with Crippen molar-refractivity contribution in [2.24, 2.45) is 0 Å². The highest BCUT2D eigenvalue weighted by Gasteiger charge is 2.25. The van der Waals surface area contributed by atoms with Gasteiger partial charge in [0.25, 0.3) is 5.91 Å². The number of nitrogens with zero attached hydrogens (tertiary/aromatic N) is 2. The number of rotatable bonds is 4. The van der Waals surface area contributed by atoms with Crippen molar-refractivity contribution in [1.29, 1.82) is 0 Å². The van der Waals surface area contributed by atoms with Crippen LogP contribution < -0.4 is 5.32 Å². The number of ether oxygens (including phenoxy) is 1. The maximum Gasteiger partial charge on any atom is 0.409 e. The number of amides is 2. The lowest BCUT2D eigenvalue weighted by Gasteiger charge is -2.31. The Morgan fingerprint density at radius 3 is 2.48 bits per heavy atom. The summed E-state index contributed by atoms with van der Waals surface area (Å²) in [6.45, 7) is 5.50. The molecule has 27 heavy (non-hydrogen) atoms. The van der Waals surface area contributed by atoms with Gasteiger partial charge < -0.3 is 15.0 Å². The summed E-state index contributed by atoms with van der Waals surface area (Å²) in [5.74, 6) is 0.329. The Labute approximate surface area is 163 Å². The summed E-state index contributed by atoms with van der Waals surface area (Å²) in [5, 5.41) is 5.67. The van der Waals surface area contributed by atoms with Crippen LogP contribution >= 0.6 is 11.3 Å². The summed E-state index contributed by atoms with van der Waals surface area (Å²) in [6, 6.07) is 8.37. The number of hydrogen-bond donors (Lipinski definition) is 1. The van der Waals surface area contributed by atoms with Crippen LogP contribution in [0.15, 0.2) is 29.6 Å². The first-order chi connectivity index (χ1) is 13.0. The second-order valence-electron chi connectivity index (χ2n) is 7.02. The third-order valence-corrected chi connectivity index (χ3v) is 5.72. The lowest BCUT2D eigenvalue weighted by molar-refractivity contribution is 0.0888. The number of carbonyl (C=O) groups excluding carboxylic acids is 2. The Bertz CT molecular complexity index is 793. The molecule has 0 radical (unpaired) electrons. The van der Waals surface area contributed by atoms with Crippen molar-refractivity contribution >= 4 is 23.3 Å². The number of nitrogens with one attached hydrogen (secondary N) is 1. The molecule has 2 heterocycles. The molecule has 0 spiro atoms. The fourth-order valence-electron chi connectivity index (χ4n) is 3.12. The third kappa shape index (κ3) is 4.66. The fourth-order valence-corrected chi connectivity index (χ4v) is 3.92. The molecule has 7 heteroatoms. The summed E-state index contributed by atoms with van der Waals surface area (Å²) in [7, 11) is 1.38. The van der Waals surface area contributed by atoms with Crippen LogP contribution in [0.25, 0.3) is 10.6 Å². The van der Waals surface area contributed by atoms with Crippen LogP contribution in [0, 0.1) is 0 Å². The Kier molecular flexibility index (Phi) is 6.11. The van der Waals surface area contributed by atoms with E-state index in [1.54, 1.807) is 10.3 Å². The number of hydrogen-bond acceptors (Lipinski definition) is 5. The molecule has 0 saturated carbocycles. The van der Waals surface area contributed by atoms with Gasteiger partial charge in [0.1, 0.15) is 10.7 Å². The monoisotopic (exact) mass is 387 g/mol. The number of carbonyl (C=O) groups is 2. The molecule has 1 saturated heterocycles. The summed E-state index contributed by atoms with van der Waals surface area (Å²) in [5.41, 5.74) is 2.75. The van der Waals surface area contributed by atoms with Gasteiger partial charge in [-0.25, -0.2) is 9.78 Å². The van der Waals surface area contributed by atoms with Crippen molar-refractivity contribution in [1.82, 2.24) is 15.2 Å². The van der Waals surface area contributed by atoms with Gasteiger partial charge in [-0.2, -0.15) is 0 Å². The summed E-state index contributed by atoms with van der Waals surface area (Å²) in [6.07, 6.45) is 1.12. The van der Waals surface area contributed by atoms with Crippen molar-refractivity contribution in [3.05, 3.63) is 40.9 Å². The van der Waals surface area contributed by atoms with Crippen LogP contribution in [0.4, 0.5) is 4.79 Å². The predicted molar refractivity (Wildman–Crippen MR) is 106 cm³/mol. The highest BCUT2D eigenvalue weighted by molar-refractivity contribution is 7.13. The third-order valence-electron chi connectivity index (χ3n) is 4.82. The molecule has 0 atom stereocenters. The molecule has 1 aliphatic rings. The molecule has 0 unspecified atom stereocenters. The average Bonchev–Trinajstić information content (AvgIpc) is 3.18. The minimum absolute atomic E-state index is 0.0499. The van der Waals surface area contributed by atoms with Gasteiger partial charge in [0.2, 0.25) is 0 Å². The molecular formula is C20H25N3O3S. The van der Waals surface area contributed by atoms with Crippen LogP contribution in [0.3, 0.4) is 0 Å². The Morgan fingerprint density at radius 2 is 1.89 bits per heavy atom. The van der Waals surface area contributed by atoms with Gasteiger partial charge in [-0.3, -0.25) is 4.79 Å². The van der Waals surface area contributed by atoms with Crippen molar-refractivity contribution in [2.75, 3.05) is 20.2 Å². The van der Waals surface area contributed by atoms with Crippen LogP contribution in [0.2, 0.25) is 0 Å². The maximum atomic E-state index is 12.5. The van der Waals surface area contributed by atoms with Gasteiger partial charge in [0.05, 0.1) is 7.11 Å². The van der Waals surface area contributed by atoms with Crippen LogP contribution in [-0.4, -0.2) is 48.1 Å². The van der Waals surface area contributed by atoms with E-state index in [0.29, 0.717) is 37.5 Å². The zero-order chi connectivity index (χ0) is 19.4. The molecule has 1 aliphatic heterocycles. The molecule has 1 aromatic heterocycles.